The van der Waals surface area contributed by atoms with Crippen molar-refractivity contribution < 1.29 is 23.8 Å². The minimum atomic E-state index is -0.380. The highest BCUT2D eigenvalue weighted by molar-refractivity contribution is 7.14. The van der Waals surface area contributed by atoms with E-state index in [1.54, 1.807) is 30.7 Å². The minimum absolute atomic E-state index is 0.239. The van der Waals surface area contributed by atoms with Crippen molar-refractivity contribution in [3.05, 3.63) is 64.7 Å². The van der Waals surface area contributed by atoms with E-state index in [1.807, 2.05) is 24.3 Å². The maximum atomic E-state index is 12.6. The molecule has 0 bridgehead atoms. The molecule has 0 aliphatic rings. The van der Waals surface area contributed by atoms with Gasteiger partial charge in [0, 0.05) is 23.6 Å². The van der Waals surface area contributed by atoms with Crippen molar-refractivity contribution in [1.82, 2.24) is 10.3 Å². The number of thiazole rings is 1. The van der Waals surface area contributed by atoms with Crippen molar-refractivity contribution >= 4 is 28.3 Å². The van der Waals surface area contributed by atoms with Crippen molar-refractivity contribution in [2.75, 3.05) is 33.2 Å². The Morgan fingerprint density at radius 2 is 1.68 bits per heavy atom. The van der Waals surface area contributed by atoms with E-state index in [0.29, 0.717) is 35.2 Å². The van der Waals surface area contributed by atoms with Crippen LogP contribution >= 0.6 is 11.3 Å². The maximum Gasteiger partial charge on any atom is 0.270 e. The monoisotopic (exact) mass is 441 g/mol. The second kappa shape index (κ2) is 10.4. The Morgan fingerprint density at radius 1 is 0.968 bits per heavy atom. The highest BCUT2D eigenvalue weighted by atomic mass is 32.1. The molecule has 3 aromatic rings. The van der Waals surface area contributed by atoms with Gasteiger partial charge in [-0.2, -0.15) is 0 Å². The Labute approximate surface area is 184 Å². The second-order valence-electron chi connectivity index (χ2n) is 6.41. The Hall–Kier alpha value is -3.59. The molecule has 0 saturated heterocycles. The number of carbonyl (C=O) groups is 2. The Kier molecular flexibility index (Phi) is 7.45. The van der Waals surface area contributed by atoms with Crippen molar-refractivity contribution in [2.45, 2.75) is 6.42 Å². The first-order valence-electron chi connectivity index (χ1n) is 9.44. The molecular formula is C22H23N3O5S. The van der Waals surface area contributed by atoms with Crippen LogP contribution in [0, 0.1) is 0 Å². The summed E-state index contributed by atoms with van der Waals surface area (Å²) in [6.45, 7) is 0.433. The van der Waals surface area contributed by atoms with E-state index in [1.165, 1.54) is 25.6 Å². The van der Waals surface area contributed by atoms with Crippen LogP contribution in [-0.4, -0.2) is 44.7 Å². The number of rotatable bonds is 9. The van der Waals surface area contributed by atoms with E-state index >= 15 is 0 Å². The number of carbonyl (C=O) groups excluding carboxylic acids is 2. The van der Waals surface area contributed by atoms with Crippen LogP contribution in [0.3, 0.4) is 0 Å². The number of hydrogen-bond donors (Lipinski definition) is 2. The molecule has 2 N–H and O–H groups in total. The molecule has 2 amide bonds. The van der Waals surface area contributed by atoms with Crippen molar-refractivity contribution in [3.8, 4) is 17.2 Å². The molecule has 1 heterocycles. The van der Waals surface area contributed by atoms with E-state index in [2.05, 4.69) is 15.6 Å². The van der Waals surface area contributed by atoms with Crippen LogP contribution in [0.1, 0.15) is 26.4 Å². The molecule has 0 fully saturated rings. The fourth-order valence-electron chi connectivity index (χ4n) is 2.85. The number of nitrogens with one attached hydrogen (secondary N) is 2. The number of nitrogens with zero attached hydrogens (tertiary/aromatic N) is 1. The molecule has 9 heteroatoms. The van der Waals surface area contributed by atoms with Gasteiger partial charge in [0.05, 0.1) is 21.3 Å². The quantitative estimate of drug-likeness (QED) is 0.528. The van der Waals surface area contributed by atoms with E-state index in [0.717, 1.165) is 11.3 Å². The van der Waals surface area contributed by atoms with Gasteiger partial charge in [-0.15, -0.1) is 11.3 Å². The zero-order chi connectivity index (χ0) is 22.2. The van der Waals surface area contributed by atoms with E-state index < -0.39 is 0 Å². The van der Waals surface area contributed by atoms with Gasteiger partial charge < -0.3 is 19.5 Å². The molecule has 8 nitrogen and oxygen atoms in total. The normalized spacial score (nSPS) is 10.3. The number of aromatic nitrogens is 1. The average Bonchev–Trinajstić information content (AvgIpc) is 3.27. The van der Waals surface area contributed by atoms with E-state index in [9.17, 15) is 9.59 Å². The Balaban J connectivity index is 1.58. The molecule has 2 aromatic carbocycles. The summed E-state index contributed by atoms with van der Waals surface area (Å²) < 4.78 is 15.7. The zero-order valence-electron chi connectivity index (χ0n) is 17.4. The average molecular weight is 442 g/mol. The third-order valence-electron chi connectivity index (χ3n) is 4.44. The van der Waals surface area contributed by atoms with Gasteiger partial charge in [-0.1, -0.05) is 18.2 Å². The lowest BCUT2D eigenvalue weighted by atomic mass is 10.1. The molecule has 0 unspecified atom stereocenters. The molecule has 0 saturated carbocycles. The first-order valence-corrected chi connectivity index (χ1v) is 10.3. The Bertz CT molecular complexity index is 1040. The fourth-order valence-corrected chi connectivity index (χ4v) is 3.54. The highest BCUT2D eigenvalue weighted by Gasteiger charge is 2.15. The molecule has 162 valence electrons. The number of benzene rings is 2. The van der Waals surface area contributed by atoms with Gasteiger partial charge >= 0.3 is 0 Å². The van der Waals surface area contributed by atoms with E-state index in [4.69, 9.17) is 14.2 Å². The number of methoxy groups -OCH3 is 3. The van der Waals surface area contributed by atoms with Crippen LogP contribution in [0.15, 0.2) is 47.8 Å². The third-order valence-corrected chi connectivity index (χ3v) is 5.20. The molecule has 0 radical (unpaired) electrons. The standard InChI is InChI=1S/C22H23N3O5S/c1-28-16-10-15(11-17(12-16)29-2)20(26)25-22-24-18(13-31-22)21(27)23-9-8-14-6-4-5-7-19(14)30-3/h4-7,10-13H,8-9H2,1-3H3,(H,23,27)(H,24,25,26). The summed E-state index contributed by atoms with van der Waals surface area (Å²) in [6.07, 6.45) is 0.626. The maximum absolute atomic E-state index is 12.6. The number of hydrogen-bond acceptors (Lipinski definition) is 7. The fraction of sp³-hybridized carbons (Fsp3) is 0.227. The van der Waals surface area contributed by atoms with Crippen LogP contribution in [0.2, 0.25) is 0 Å². The summed E-state index contributed by atoms with van der Waals surface area (Å²) in [4.78, 5) is 29.1. The van der Waals surface area contributed by atoms with Crippen LogP contribution in [-0.2, 0) is 6.42 Å². The van der Waals surface area contributed by atoms with Crippen molar-refractivity contribution in [2.24, 2.45) is 0 Å². The smallest absolute Gasteiger partial charge is 0.270 e. The van der Waals surface area contributed by atoms with Gasteiger partial charge in [-0.25, -0.2) is 4.98 Å². The number of para-hydroxylation sites is 1. The molecular weight excluding hydrogens is 418 g/mol. The lowest BCUT2D eigenvalue weighted by Gasteiger charge is -2.08. The van der Waals surface area contributed by atoms with Crippen LogP contribution in [0.25, 0.3) is 0 Å². The number of anilines is 1. The predicted molar refractivity (Wildman–Crippen MR) is 119 cm³/mol. The summed E-state index contributed by atoms with van der Waals surface area (Å²) in [6, 6.07) is 12.5. The lowest BCUT2D eigenvalue weighted by Crippen LogP contribution is -2.26. The van der Waals surface area contributed by atoms with E-state index in [-0.39, 0.29) is 17.5 Å². The largest absolute Gasteiger partial charge is 0.497 e. The molecule has 0 aliphatic heterocycles. The van der Waals surface area contributed by atoms with Gasteiger partial charge in [0.1, 0.15) is 22.9 Å². The molecule has 1 aromatic heterocycles. The van der Waals surface area contributed by atoms with Crippen molar-refractivity contribution in [3.63, 3.8) is 0 Å². The second-order valence-corrected chi connectivity index (χ2v) is 7.27. The summed E-state index contributed by atoms with van der Waals surface area (Å²) >= 11 is 1.17. The zero-order valence-corrected chi connectivity index (χ0v) is 18.2. The molecule has 0 spiro atoms. The van der Waals surface area contributed by atoms with Gasteiger partial charge in [-0.3, -0.25) is 14.9 Å². The number of ether oxygens (including phenoxy) is 3. The first-order chi connectivity index (χ1) is 15.0. The van der Waals surface area contributed by atoms with Crippen LogP contribution in [0.4, 0.5) is 5.13 Å². The summed E-state index contributed by atoms with van der Waals surface area (Å²) in [5.74, 6) is 1.09. The molecule has 0 aliphatic carbocycles. The van der Waals surface area contributed by atoms with Gasteiger partial charge in [0.2, 0.25) is 0 Å². The van der Waals surface area contributed by atoms with Crippen LogP contribution < -0.4 is 24.8 Å². The third kappa shape index (κ3) is 5.73. The van der Waals surface area contributed by atoms with Gasteiger partial charge in [0.15, 0.2) is 5.13 Å². The van der Waals surface area contributed by atoms with Gasteiger partial charge in [-0.05, 0) is 30.2 Å². The SMILES string of the molecule is COc1cc(OC)cc(C(=O)Nc2nc(C(=O)NCCc3ccccc3OC)cs2)c1. The lowest BCUT2D eigenvalue weighted by molar-refractivity contribution is 0.0948. The molecule has 0 atom stereocenters. The summed E-state index contributed by atoms with van der Waals surface area (Å²) in [5.41, 5.74) is 1.60. The van der Waals surface area contributed by atoms with Crippen molar-refractivity contribution in [1.29, 1.82) is 0 Å². The predicted octanol–water partition coefficient (Wildman–Crippen LogP) is 3.39. The first kappa shape index (κ1) is 22.1. The van der Waals surface area contributed by atoms with Gasteiger partial charge in [0.25, 0.3) is 11.8 Å². The Morgan fingerprint density at radius 3 is 2.35 bits per heavy atom. The molecule has 3 rings (SSSR count). The molecule has 31 heavy (non-hydrogen) atoms. The minimum Gasteiger partial charge on any atom is -0.497 e. The van der Waals surface area contributed by atoms with Crippen LogP contribution in [0.5, 0.6) is 17.2 Å². The topological polar surface area (TPSA) is 98.8 Å². The summed E-state index contributed by atoms with van der Waals surface area (Å²) in [7, 11) is 4.64. The summed E-state index contributed by atoms with van der Waals surface area (Å²) in [5, 5.41) is 7.44. The highest BCUT2D eigenvalue weighted by Crippen LogP contribution is 2.24. The number of amides is 2.